The minimum atomic E-state index is -3.99. The van der Waals surface area contributed by atoms with Gasteiger partial charge in [0.15, 0.2) is 11.6 Å². The third-order valence-corrected chi connectivity index (χ3v) is 6.27. The number of aryl methyl sites for hydroxylation is 1. The van der Waals surface area contributed by atoms with E-state index in [2.05, 4.69) is 20.0 Å². The van der Waals surface area contributed by atoms with Gasteiger partial charge in [-0.05, 0) is 61.4 Å². The van der Waals surface area contributed by atoms with Gasteiger partial charge in [-0.3, -0.25) is 15.4 Å². The van der Waals surface area contributed by atoms with Crippen molar-refractivity contribution in [1.29, 1.82) is 0 Å². The zero-order chi connectivity index (χ0) is 22.0. The highest BCUT2D eigenvalue weighted by Crippen LogP contribution is 2.29. The van der Waals surface area contributed by atoms with Crippen LogP contribution in [0.4, 0.5) is 23.0 Å². The van der Waals surface area contributed by atoms with Crippen LogP contribution < -0.4 is 15.5 Å². The van der Waals surface area contributed by atoms with E-state index in [4.69, 9.17) is 5.21 Å². The number of nitrogens with one attached hydrogen (secondary N) is 3. The summed E-state index contributed by atoms with van der Waals surface area (Å²) in [5, 5.41) is 12.3. The monoisotopic (exact) mass is 435 g/mol. The van der Waals surface area contributed by atoms with Crippen LogP contribution in [0.2, 0.25) is 0 Å². The molecule has 1 aromatic heterocycles. The summed E-state index contributed by atoms with van der Waals surface area (Å²) in [5.74, 6) is 0.356. The van der Waals surface area contributed by atoms with Crippen molar-refractivity contribution in [3.05, 3.63) is 77.9 Å². The summed E-state index contributed by atoms with van der Waals surface area (Å²) in [6.07, 6.45) is 0. The quantitative estimate of drug-likeness (QED) is 0.327. The summed E-state index contributed by atoms with van der Waals surface area (Å²) in [5.41, 5.74) is 6.30. The lowest BCUT2D eigenvalue weighted by molar-refractivity contribution is 0.388. The molecule has 0 aliphatic heterocycles. The maximum absolute atomic E-state index is 13.0. The van der Waals surface area contributed by atoms with Crippen molar-refractivity contribution < 1.29 is 13.6 Å². The maximum atomic E-state index is 13.0. The molecule has 9 heteroatoms. The smallest absolute Gasteiger partial charge is 0.263 e. The van der Waals surface area contributed by atoms with Crippen LogP contribution >= 0.6 is 0 Å². The van der Waals surface area contributed by atoms with Crippen LogP contribution in [0.1, 0.15) is 11.1 Å². The minimum absolute atomic E-state index is 0.0285. The van der Waals surface area contributed by atoms with Gasteiger partial charge in [0.1, 0.15) is 0 Å². The molecule has 0 saturated carbocycles. The Morgan fingerprint density at radius 2 is 1.52 bits per heavy atom. The van der Waals surface area contributed by atoms with Gasteiger partial charge in [0, 0.05) is 5.69 Å². The van der Waals surface area contributed by atoms with Crippen molar-refractivity contribution in [2.24, 2.45) is 0 Å². The molecular weight excluding hydrogens is 414 g/mol. The zero-order valence-electron chi connectivity index (χ0n) is 16.9. The molecule has 0 amide bonds. The van der Waals surface area contributed by atoms with E-state index in [0.29, 0.717) is 11.0 Å². The van der Waals surface area contributed by atoms with E-state index in [1.54, 1.807) is 12.1 Å². The zero-order valence-corrected chi connectivity index (χ0v) is 17.7. The summed E-state index contributed by atoms with van der Waals surface area (Å²) >= 11 is 0. The standard InChI is InChI=1S/C22H21N5O3S/c1-14-7-5-12-18(15(14)2)23-21-22(25-20-11-4-3-10-19(20)24-21)27-31(29,30)17-9-6-8-16(13-17)26-28/h3-13,26,28H,1-2H3,(H,23,24)(H,25,27). The van der Waals surface area contributed by atoms with Gasteiger partial charge in [-0.25, -0.2) is 18.4 Å². The lowest BCUT2D eigenvalue weighted by atomic mass is 10.1. The molecule has 158 valence electrons. The highest BCUT2D eigenvalue weighted by Gasteiger charge is 2.20. The summed E-state index contributed by atoms with van der Waals surface area (Å²) in [6, 6.07) is 18.8. The average molecular weight is 436 g/mol. The van der Waals surface area contributed by atoms with Gasteiger partial charge < -0.3 is 5.32 Å². The van der Waals surface area contributed by atoms with E-state index in [1.807, 2.05) is 55.7 Å². The SMILES string of the molecule is Cc1cccc(Nc2nc3ccccc3nc2NS(=O)(=O)c2cccc(NO)c2)c1C. The first-order chi connectivity index (χ1) is 14.9. The molecule has 4 rings (SSSR count). The second-order valence-corrected chi connectivity index (χ2v) is 8.71. The minimum Gasteiger partial charge on any atom is -0.337 e. The lowest BCUT2D eigenvalue weighted by Gasteiger charge is -2.16. The Morgan fingerprint density at radius 1 is 0.839 bits per heavy atom. The Bertz CT molecular complexity index is 1370. The van der Waals surface area contributed by atoms with Crippen molar-refractivity contribution >= 4 is 44.1 Å². The number of benzene rings is 3. The lowest BCUT2D eigenvalue weighted by Crippen LogP contribution is -2.16. The Morgan fingerprint density at radius 3 is 2.23 bits per heavy atom. The molecular formula is C22H21N5O3S. The molecule has 0 radical (unpaired) electrons. The molecule has 1 heterocycles. The van der Waals surface area contributed by atoms with Gasteiger partial charge >= 0.3 is 0 Å². The van der Waals surface area contributed by atoms with Gasteiger partial charge in [-0.2, -0.15) is 0 Å². The van der Waals surface area contributed by atoms with Gasteiger partial charge in [-0.15, -0.1) is 0 Å². The van der Waals surface area contributed by atoms with Crippen molar-refractivity contribution in [3.8, 4) is 0 Å². The fourth-order valence-electron chi connectivity index (χ4n) is 3.09. The molecule has 0 fully saturated rings. The van der Waals surface area contributed by atoms with Crippen LogP contribution in [-0.2, 0) is 10.0 Å². The molecule has 0 saturated heterocycles. The molecule has 0 unspecified atom stereocenters. The number of rotatable bonds is 6. The fraction of sp³-hybridized carbons (Fsp3) is 0.0909. The van der Waals surface area contributed by atoms with Crippen LogP contribution in [0.15, 0.2) is 71.6 Å². The van der Waals surface area contributed by atoms with Crippen LogP contribution in [0.3, 0.4) is 0 Å². The van der Waals surface area contributed by atoms with Crippen LogP contribution in [-0.4, -0.2) is 23.6 Å². The fourth-order valence-corrected chi connectivity index (χ4v) is 4.15. The Balaban J connectivity index is 1.80. The second kappa shape index (κ2) is 8.21. The second-order valence-electron chi connectivity index (χ2n) is 7.03. The number of hydrogen-bond donors (Lipinski definition) is 4. The van der Waals surface area contributed by atoms with Crippen molar-refractivity contribution in [3.63, 3.8) is 0 Å². The first kappa shape index (κ1) is 20.6. The third-order valence-electron chi connectivity index (χ3n) is 4.93. The number of sulfonamides is 1. The Kier molecular flexibility index (Phi) is 5.45. The van der Waals surface area contributed by atoms with Gasteiger partial charge in [0.05, 0.1) is 21.6 Å². The number of hydrogen-bond acceptors (Lipinski definition) is 7. The molecule has 0 aliphatic rings. The molecule has 0 atom stereocenters. The Labute approximate surface area is 180 Å². The van der Waals surface area contributed by atoms with E-state index >= 15 is 0 Å². The molecule has 4 aromatic rings. The first-order valence-electron chi connectivity index (χ1n) is 9.50. The molecule has 0 spiro atoms. The summed E-state index contributed by atoms with van der Waals surface area (Å²) in [7, 11) is -3.99. The van der Waals surface area contributed by atoms with E-state index in [9.17, 15) is 8.42 Å². The van der Waals surface area contributed by atoms with Gasteiger partial charge in [0.2, 0.25) is 0 Å². The molecule has 0 aliphatic carbocycles. The number of nitrogens with zero attached hydrogens (tertiary/aromatic N) is 2. The predicted molar refractivity (Wildman–Crippen MR) is 121 cm³/mol. The van der Waals surface area contributed by atoms with E-state index in [0.717, 1.165) is 16.8 Å². The number of fused-ring (bicyclic) bond motifs is 1. The molecule has 4 N–H and O–H groups in total. The van der Waals surface area contributed by atoms with E-state index < -0.39 is 10.0 Å². The van der Waals surface area contributed by atoms with Gasteiger partial charge in [0.25, 0.3) is 10.0 Å². The topological polar surface area (TPSA) is 116 Å². The van der Waals surface area contributed by atoms with Crippen LogP contribution in [0.5, 0.6) is 0 Å². The van der Waals surface area contributed by atoms with Gasteiger partial charge in [-0.1, -0.05) is 30.3 Å². The summed E-state index contributed by atoms with van der Waals surface area (Å²) in [6.45, 7) is 3.97. The average Bonchev–Trinajstić information content (AvgIpc) is 2.77. The highest BCUT2D eigenvalue weighted by molar-refractivity contribution is 7.92. The molecule has 31 heavy (non-hydrogen) atoms. The largest absolute Gasteiger partial charge is 0.337 e. The van der Waals surface area contributed by atoms with E-state index in [1.165, 1.54) is 18.2 Å². The van der Waals surface area contributed by atoms with Crippen LogP contribution in [0.25, 0.3) is 11.0 Å². The van der Waals surface area contributed by atoms with Crippen molar-refractivity contribution in [2.75, 3.05) is 15.5 Å². The number of anilines is 4. The molecule has 3 aromatic carbocycles. The third kappa shape index (κ3) is 4.27. The normalized spacial score (nSPS) is 11.3. The first-order valence-corrected chi connectivity index (χ1v) is 11.0. The maximum Gasteiger partial charge on any atom is 0.263 e. The highest BCUT2D eigenvalue weighted by atomic mass is 32.2. The summed E-state index contributed by atoms with van der Waals surface area (Å²) in [4.78, 5) is 9.07. The predicted octanol–water partition coefficient (Wildman–Crippen LogP) is 4.59. The van der Waals surface area contributed by atoms with Crippen molar-refractivity contribution in [2.45, 2.75) is 18.7 Å². The number of para-hydroxylation sites is 2. The molecule has 8 nitrogen and oxygen atoms in total. The van der Waals surface area contributed by atoms with E-state index in [-0.39, 0.29) is 22.2 Å². The Hall–Kier alpha value is -3.69. The number of aromatic nitrogens is 2. The summed E-state index contributed by atoms with van der Waals surface area (Å²) < 4.78 is 28.6. The van der Waals surface area contributed by atoms with Crippen LogP contribution in [0, 0.1) is 13.8 Å². The molecule has 0 bridgehead atoms. The van der Waals surface area contributed by atoms with Crippen molar-refractivity contribution in [1.82, 2.24) is 9.97 Å².